The van der Waals surface area contributed by atoms with Crippen molar-refractivity contribution >= 4 is 22.9 Å². The van der Waals surface area contributed by atoms with E-state index in [0.717, 1.165) is 42.4 Å². The van der Waals surface area contributed by atoms with Crippen LogP contribution in [0.4, 0.5) is 0 Å². The van der Waals surface area contributed by atoms with Crippen molar-refractivity contribution in [1.82, 2.24) is 25.5 Å². The number of carbonyl (C=O) groups excluding carboxylic acids is 1. The van der Waals surface area contributed by atoms with Crippen LogP contribution in [0.2, 0.25) is 0 Å². The number of hydrogen-bond donors (Lipinski definition) is 3. The highest BCUT2D eigenvalue weighted by molar-refractivity contribution is 5.94. The second-order valence-electron chi connectivity index (χ2n) is 7.07. The van der Waals surface area contributed by atoms with E-state index in [1.54, 1.807) is 7.05 Å². The quantitative estimate of drug-likeness (QED) is 0.305. The van der Waals surface area contributed by atoms with Gasteiger partial charge in [-0.3, -0.25) is 9.79 Å². The topological polar surface area (TPSA) is 83.3 Å². The van der Waals surface area contributed by atoms with Crippen LogP contribution >= 0.6 is 0 Å². The van der Waals surface area contributed by atoms with Crippen molar-refractivity contribution in [2.45, 2.75) is 33.4 Å². The molecular weight excluding hydrogens is 376 g/mol. The Hall–Kier alpha value is -3.35. The molecule has 7 heteroatoms. The number of hydrogen-bond acceptors (Lipinski definition) is 3. The number of benzene rings is 2. The van der Waals surface area contributed by atoms with Crippen molar-refractivity contribution in [2.24, 2.45) is 4.99 Å². The summed E-state index contributed by atoms with van der Waals surface area (Å²) in [5, 5.41) is 9.48. The first-order chi connectivity index (χ1) is 14.6. The average molecular weight is 407 g/mol. The molecular formula is C23H30N6O. The maximum atomic E-state index is 12.0. The molecule has 0 fully saturated rings. The zero-order valence-corrected chi connectivity index (χ0v) is 17.9. The van der Waals surface area contributed by atoms with Crippen molar-refractivity contribution in [3.05, 3.63) is 65.5 Å². The van der Waals surface area contributed by atoms with Gasteiger partial charge in [0.2, 0.25) is 0 Å². The minimum absolute atomic E-state index is 0.0517. The Labute approximate surface area is 177 Å². The fourth-order valence-electron chi connectivity index (χ4n) is 3.41. The number of imidazole rings is 1. The highest BCUT2D eigenvalue weighted by atomic mass is 16.1. The van der Waals surface area contributed by atoms with Crippen molar-refractivity contribution in [2.75, 3.05) is 20.1 Å². The molecule has 0 saturated heterocycles. The molecule has 0 aliphatic carbocycles. The predicted octanol–water partition coefficient (Wildman–Crippen LogP) is 2.85. The molecule has 0 aliphatic heterocycles. The summed E-state index contributed by atoms with van der Waals surface area (Å²) in [6.07, 6.45) is 0.953. The summed E-state index contributed by atoms with van der Waals surface area (Å²) >= 11 is 0. The Bertz CT molecular complexity index is 1020. The van der Waals surface area contributed by atoms with Gasteiger partial charge in [-0.25, -0.2) is 4.98 Å². The van der Waals surface area contributed by atoms with E-state index in [0.29, 0.717) is 18.7 Å². The van der Waals surface area contributed by atoms with E-state index in [2.05, 4.69) is 36.6 Å². The molecule has 158 valence electrons. The highest BCUT2D eigenvalue weighted by Gasteiger charge is 2.07. The van der Waals surface area contributed by atoms with Gasteiger partial charge in [-0.15, -0.1) is 0 Å². The molecule has 7 nitrogen and oxygen atoms in total. The molecule has 0 atom stereocenters. The number of para-hydroxylation sites is 2. The number of rotatable bonds is 8. The predicted molar refractivity (Wildman–Crippen MR) is 122 cm³/mol. The fourth-order valence-corrected chi connectivity index (χ4v) is 3.41. The van der Waals surface area contributed by atoms with Gasteiger partial charge in [-0.2, -0.15) is 0 Å². The molecule has 0 bridgehead atoms. The summed E-state index contributed by atoms with van der Waals surface area (Å²) in [6, 6.07) is 15.8. The SMILES string of the molecule is CCNC(=O)c1cccc(CNC(=NC)NCCCn2c(C)nc3ccccc32)c1. The maximum Gasteiger partial charge on any atom is 0.251 e. The average Bonchev–Trinajstić information content (AvgIpc) is 3.08. The lowest BCUT2D eigenvalue weighted by atomic mass is 10.1. The van der Waals surface area contributed by atoms with Crippen molar-refractivity contribution in [3.8, 4) is 0 Å². The summed E-state index contributed by atoms with van der Waals surface area (Å²) in [5.74, 6) is 1.72. The first kappa shape index (κ1) is 21.4. The fraction of sp³-hybridized carbons (Fsp3) is 0.348. The molecule has 1 amide bonds. The highest BCUT2D eigenvalue weighted by Crippen LogP contribution is 2.15. The molecule has 3 N–H and O–H groups in total. The Morgan fingerprint density at radius 3 is 2.73 bits per heavy atom. The monoisotopic (exact) mass is 406 g/mol. The summed E-state index contributed by atoms with van der Waals surface area (Å²) in [6.45, 7) is 6.86. The lowest BCUT2D eigenvalue weighted by Gasteiger charge is -2.13. The van der Waals surface area contributed by atoms with Crippen molar-refractivity contribution in [3.63, 3.8) is 0 Å². The van der Waals surface area contributed by atoms with Gasteiger partial charge in [0, 0.05) is 38.8 Å². The van der Waals surface area contributed by atoms with Gasteiger partial charge < -0.3 is 20.5 Å². The first-order valence-corrected chi connectivity index (χ1v) is 10.4. The summed E-state index contributed by atoms with van der Waals surface area (Å²) < 4.78 is 2.25. The molecule has 1 heterocycles. The molecule has 0 saturated carbocycles. The summed E-state index contributed by atoms with van der Waals surface area (Å²) in [7, 11) is 1.76. The number of nitrogens with one attached hydrogen (secondary N) is 3. The molecule has 3 aromatic rings. The second-order valence-corrected chi connectivity index (χ2v) is 7.07. The smallest absolute Gasteiger partial charge is 0.251 e. The second kappa shape index (κ2) is 10.4. The van der Waals surface area contributed by atoms with E-state index in [9.17, 15) is 4.79 Å². The van der Waals surface area contributed by atoms with Gasteiger partial charge in [0.15, 0.2) is 5.96 Å². The van der Waals surface area contributed by atoms with Gasteiger partial charge in [0.05, 0.1) is 11.0 Å². The van der Waals surface area contributed by atoms with Gasteiger partial charge >= 0.3 is 0 Å². The number of aliphatic imine (C=N–C) groups is 1. The Morgan fingerprint density at radius 2 is 1.93 bits per heavy atom. The number of aromatic nitrogens is 2. The lowest BCUT2D eigenvalue weighted by molar-refractivity contribution is 0.0955. The Balaban J connectivity index is 1.48. The van der Waals surface area contributed by atoms with Crippen molar-refractivity contribution < 1.29 is 4.79 Å². The van der Waals surface area contributed by atoms with E-state index >= 15 is 0 Å². The molecule has 1 aromatic heterocycles. The summed E-state index contributed by atoms with van der Waals surface area (Å²) in [5.41, 5.74) is 3.91. The van der Waals surface area contributed by atoms with Crippen LogP contribution < -0.4 is 16.0 Å². The molecule has 3 rings (SSSR count). The minimum atomic E-state index is -0.0517. The van der Waals surface area contributed by atoms with E-state index in [-0.39, 0.29) is 5.91 Å². The van der Waals surface area contributed by atoms with Crippen LogP contribution in [-0.2, 0) is 13.1 Å². The molecule has 30 heavy (non-hydrogen) atoms. The number of guanidine groups is 1. The minimum Gasteiger partial charge on any atom is -0.356 e. The summed E-state index contributed by atoms with van der Waals surface area (Å²) in [4.78, 5) is 20.9. The standard InChI is InChI=1S/C23H30N6O/c1-4-25-22(30)19-10-7-9-18(15-19)16-27-23(24-3)26-13-8-14-29-17(2)28-20-11-5-6-12-21(20)29/h5-7,9-12,15H,4,8,13-14,16H2,1-3H3,(H,25,30)(H2,24,26,27). The van der Waals surface area contributed by atoms with E-state index in [1.165, 1.54) is 5.52 Å². The van der Waals surface area contributed by atoms with Crippen LogP contribution in [0.3, 0.4) is 0 Å². The zero-order chi connectivity index (χ0) is 21.3. The number of carbonyl (C=O) groups is 1. The van der Waals surface area contributed by atoms with Gasteiger partial charge in [0.25, 0.3) is 5.91 Å². The molecule has 2 aromatic carbocycles. The Morgan fingerprint density at radius 1 is 1.10 bits per heavy atom. The van der Waals surface area contributed by atoms with Crippen LogP contribution in [0.5, 0.6) is 0 Å². The first-order valence-electron chi connectivity index (χ1n) is 10.4. The van der Waals surface area contributed by atoms with Gasteiger partial charge in [0.1, 0.15) is 5.82 Å². The number of aryl methyl sites for hydroxylation is 2. The maximum absolute atomic E-state index is 12.0. The third-order valence-electron chi connectivity index (χ3n) is 4.91. The lowest BCUT2D eigenvalue weighted by Crippen LogP contribution is -2.37. The van der Waals surface area contributed by atoms with Gasteiger partial charge in [-0.1, -0.05) is 24.3 Å². The molecule has 0 aliphatic rings. The molecule has 0 unspecified atom stereocenters. The van der Waals surface area contributed by atoms with Crippen LogP contribution in [0, 0.1) is 6.92 Å². The number of nitrogens with zero attached hydrogens (tertiary/aromatic N) is 3. The number of amides is 1. The largest absolute Gasteiger partial charge is 0.356 e. The Kier molecular flexibility index (Phi) is 7.43. The normalized spacial score (nSPS) is 11.5. The third-order valence-corrected chi connectivity index (χ3v) is 4.91. The number of fused-ring (bicyclic) bond motifs is 1. The zero-order valence-electron chi connectivity index (χ0n) is 17.9. The van der Waals surface area contributed by atoms with E-state index in [1.807, 2.05) is 56.3 Å². The van der Waals surface area contributed by atoms with Crippen LogP contribution in [0.15, 0.2) is 53.5 Å². The van der Waals surface area contributed by atoms with Crippen LogP contribution in [0.25, 0.3) is 11.0 Å². The van der Waals surface area contributed by atoms with E-state index in [4.69, 9.17) is 0 Å². The molecule has 0 radical (unpaired) electrons. The third kappa shape index (κ3) is 5.37. The van der Waals surface area contributed by atoms with E-state index < -0.39 is 0 Å². The van der Waals surface area contributed by atoms with Crippen LogP contribution in [-0.4, -0.2) is 41.6 Å². The van der Waals surface area contributed by atoms with Gasteiger partial charge in [-0.05, 0) is 50.1 Å². The van der Waals surface area contributed by atoms with Crippen LogP contribution in [0.1, 0.15) is 35.1 Å². The van der Waals surface area contributed by atoms with Crippen molar-refractivity contribution in [1.29, 1.82) is 0 Å². The molecule has 0 spiro atoms.